The van der Waals surface area contributed by atoms with Gasteiger partial charge in [-0.1, -0.05) is 0 Å². The minimum atomic E-state index is -1.69. The van der Waals surface area contributed by atoms with Crippen molar-refractivity contribution in [2.24, 2.45) is 0 Å². The monoisotopic (exact) mass is 506 g/mol. The van der Waals surface area contributed by atoms with E-state index in [9.17, 15) is 30.3 Å². The zero-order valence-corrected chi connectivity index (χ0v) is 19.6. The predicted molar refractivity (Wildman–Crippen MR) is 124 cm³/mol. The van der Waals surface area contributed by atoms with Gasteiger partial charge in [0, 0.05) is 18.2 Å². The zero-order valence-electron chi connectivity index (χ0n) is 19.6. The Morgan fingerprint density at radius 1 is 0.917 bits per heavy atom. The predicted octanol–water partition coefficient (Wildman–Crippen LogP) is 0.370. The molecular weight excluding hydrogens is 480 g/mol. The van der Waals surface area contributed by atoms with E-state index in [-0.39, 0.29) is 45.3 Å². The molecule has 5 atom stereocenters. The van der Waals surface area contributed by atoms with Crippen molar-refractivity contribution in [1.82, 2.24) is 0 Å². The molecule has 0 spiro atoms. The van der Waals surface area contributed by atoms with Crippen molar-refractivity contribution >= 4 is 11.0 Å². The van der Waals surface area contributed by atoms with Gasteiger partial charge < -0.3 is 53.6 Å². The van der Waals surface area contributed by atoms with E-state index < -0.39 is 42.7 Å². The summed E-state index contributed by atoms with van der Waals surface area (Å²) in [6.45, 7) is -0.644. The minimum absolute atomic E-state index is 0.00209. The van der Waals surface area contributed by atoms with Crippen molar-refractivity contribution < 1.29 is 53.6 Å². The SMILES string of the molecule is COc1ccc(-c2oc3cc(OC)cc(O)c3c(=O)c2OC)c(OC2OC(CO)C(O)C(O)C2O)c1. The molecule has 12 heteroatoms. The number of hydrogen-bond donors (Lipinski definition) is 5. The summed E-state index contributed by atoms with van der Waals surface area (Å²) >= 11 is 0. The molecule has 0 saturated carbocycles. The molecule has 5 unspecified atom stereocenters. The van der Waals surface area contributed by atoms with Crippen LogP contribution in [0.5, 0.6) is 28.7 Å². The van der Waals surface area contributed by atoms with Crippen LogP contribution in [0.15, 0.2) is 39.5 Å². The molecule has 12 nitrogen and oxygen atoms in total. The number of aliphatic hydroxyl groups excluding tert-OH is 4. The van der Waals surface area contributed by atoms with Crippen molar-refractivity contribution in [1.29, 1.82) is 0 Å². The lowest BCUT2D eigenvalue weighted by Gasteiger charge is -2.39. The van der Waals surface area contributed by atoms with Crippen LogP contribution in [-0.2, 0) is 4.74 Å². The largest absolute Gasteiger partial charge is 0.507 e. The minimum Gasteiger partial charge on any atom is -0.507 e. The Balaban J connectivity index is 1.88. The fraction of sp³-hybridized carbons (Fsp3) is 0.375. The molecule has 5 N–H and O–H groups in total. The molecule has 1 aliphatic rings. The number of aliphatic hydroxyl groups is 4. The second kappa shape index (κ2) is 10.2. The lowest BCUT2D eigenvalue weighted by Crippen LogP contribution is -2.60. The summed E-state index contributed by atoms with van der Waals surface area (Å²) in [6, 6.07) is 7.16. The molecule has 0 amide bonds. The first-order valence-corrected chi connectivity index (χ1v) is 10.8. The van der Waals surface area contributed by atoms with Crippen LogP contribution in [-0.4, -0.2) is 84.2 Å². The van der Waals surface area contributed by atoms with Crippen molar-refractivity contribution in [3.05, 3.63) is 40.6 Å². The number of rotatable bonds is 7. The Labute approximate surface area is 204 Å². The quantitative estimate of drug-likeness (QED) is 0.298. The van der Waals surface area contributed by atoms with Crippen LogP contribution >= 0.6 is 0 Å². The highest BCUT2D eigenvalue weighted by Gasteiger charge is 2.45. The molecule has 0 radical (unpaired) electrons. The molecule has 2 aromatic carbocycles. The van der Waals surface area contributed by atoms with Crippen molar-refractivity contribution in [3.63, 3.8) is 0 Å². The molecule has 2 heterocycles. The molecule has 36 heavy (non-hydrogen) atoms. The van der Waals surface area contributed by atoms with Crippen LogP contribution in [0.2, 0.25) is 0 Å². The number of methoxy groups -OCH3 is 3. The standard InChI is InChI=1S/C24H26O12/c1-31-10-4-5-12(14(7-10)35-24-21(30)20(29)18(27)16(9-25)36-24)22-23(33-3)19(28)17-13(26)6-11(32-2)8-15(17)34-22/h4-8,16,18,20-21,24-27,29-30H,9H2,1-3H3. The van der Waals surface area contributed by atoms with Gasteiger partial charge >= 0.3 is 0 Å². The Kier molecular flexibility index (Phi) is 7.24. The van der Waals surface area contributed by atoms with Crippen LogP contribution in [0.25, 0.3) is 22.3 Å². The zero-order chi connectivity index (χ0) is 26.1. The third-order valence-corrected chi connectivity index (χ3v) is 5.87. The molecule has 0 aliphatic carbocycles. The Hall–Kier alpha value is -3.55. The number of ether oxygens (including phenoxy) is 5. The Morgan fingerprint density at radius 3 is 2.28 bits per heavy atom. The maximum atomic E-state index is 13.2. The van der Waals surface area contributed by atoms with Crippen molar-refractivity contribution in [2.45, 2.75) is 30.7 Å². The highest BCUT2D eigenvalue weighted by molar-refractivity contribution is 5.89. The van der Waals surface area contributed by atoms with Gasteiger partial charge in [0.25, 0.3) is 0 Å². The van der Waals surface area contributed by atoms with Crippen molar-refractivity contribution in [3.8, 4) is 40.1 Å². The topological polar surface area (TPSA) is 178 Å². The number of benzene rings is 2. The summed E-state index contributed by atoms with van der Waals surface area (Å²) < 4.78 is 33.0. The maximum absolute atomic E-state index is 13.2. The van der Waals surface area contributed by atoms with Gasteiger partial charge in [0.1, 0.15) is 58.4 Å². The van der Waals surface area contributed by atoms with Crippen LogP contribution in [0.3, 0.4) is 0 Å². The van der Waals surface area contributed by atoms with E-state index in [1.807, 2.05) is 0 Å². The van der Waals surface area contributed by atoms with E-state index in [1.165, 1.54) is 45.6 Å². The van der Waals surface area contributed by atoms with E-state index in [0.29, 0.717) is 5.75 Å². The molecule has 0 bridgehead atoms. The third-order valence-electron chi connectivity index (χ3n) is 5.87. The summed E-state index contributed by atoms with van der Waals surface area (Å²) in [6.07, 6.45) is -7.65. The summed E-state index contributed by atoms with van der Waals surface area (Å²) in [5.74, 6) is -0.120. The first-order valence-electron chi connectivity index (χ1n) is 10.8. The first kappa shape index (κ1) is 25.5. The summed E-state index contributed by atoms with van der Waals surface area (Å²) in [5.41, 5.74) is -0.489. The molecule has 1 aliphatic heterocycles. The second-order valence-corrected chi connectivity index (χ2v) is 7.99. The number of hydrogen-bond acceptors (Lipinski definition) is 12. The van der Waals surface area contributed by atoms with Gasteiger partial charge in [0.15, 0.2) is 5.76 Å². The number of phenolic OH excluding ortho intramolecular Hbond substituents is 1. The average Bonchev–Trinajstić information content (AvgIpc) is 2.88. The first-order chi connectivity index (χ1) is 17.2. The Bertz CT molecular complexity index is 1300. The molecule has 1 aromatic heterocycles. The van der Waals surface area contributed by atoms with Crippen LogP contribution < -0.4 is 24.4 Å². The smallest absolute Gasteiger partial charge is 0.239 e. The van der Waals surface area contributed by atoms with Gasteiger partial charge in [-0.15, -0.1) is 0 Å². The molecule has 3 aromatic rings. The van der Waals surface area contributed by atoms with E-state index in [2.05, 4.69) is 0 Å². The molecular formula is C24H26O12. The van der Waals surface area contributed by atoms with Crippen molar-refractivity contribution in [2.75, 3.05) is 27.9 Å². The number of phenols is 1. The van der Waals surface area contributed by atoms with E-state index in [1.54, 1.807) is 6.07 Å². The van der Waals surface area contributed by atoms with Gasteiger partial charge in [-0.3, -0.25) is 4.79 Å². The van der Waals surface area contributed by atoms with Gasteiger partial charge in [-0.2, -0.15) is 0 Å². The second-order valence-electron chi connectivity index (χ2n) is 7.99. The van der Waals surface area contributed by atoms with E-state index >= 15 is 0 Å². The van der Waals surface area contributed by atoms with Crippen LogP contribution in [0.4, 0.5) is 0 Å². The summed E-state index contributed by atoms with van der Waals surface area (Å²) in [5, 5.41) is 50.3. The number of aromatic hydroxyl groups is 1. The normalized spacial score (nSPS) is 23.9. The van der Waals surface area contributed by atoms with Gasteiger partial charge in [0.2, 0.25) is 17.5 Å². The van der Waals surface area contributed by atoms with Crippen LogP contribution in [0, 0.1) is 0 Å². The lowest BCUT2D eigenvalue weighted by atomic mass is 9.99. The molecule has 1 saturated heterocycles. The summed E-state index contributed by atoms with van der Waals surface area (Å²) in [7, 11) is 4.06. The Morgan fingerprint density at radius 2 is 1.64 bits per heavy atom. The molecule has 1 fully saturated rings. The lowest BCUT2D eigenvalue weighted by molar-refractivity contribution is -0.277. The van der Waals surface area contributed by atoms with Gasteiger partial charge in [0.05, 0.1) is 33.5 Å². The number of fused-ring (bicyclic) bond motifs is 1. The molecule has 194 valence electrons. The van der Waals surface area contributed by atoms with Gasteiger partial charge in [-0.05, 0) is 12.1 Å². The highest BCUT2D eigenvalue weighted by atomic mass is 16.7. The maximum Gasteiger partial charge on any atom is 0.239 e. The molecule has 4 rings (SSSR count). The summed E-state index contributed by atoms with van der Waals surface area (Å²) in [4.78, 5) is 13.2. The average molecular weight is 506 g/mol. The fourth-order valence-electron chi connectivity index (χ4n) is 3.94. The van der Waals surface area contributed by atoms with E-state index in [4.69, 9.17) is 28.1 Å². The van der Waals surface area contributed by atoms with Crippen LogP contribution in [0.1, 0.15) is 0 Å². The third kappa shape index (κ3) is 4.40. The fourth-order valence-corrected chi connectivity index (χ4v) is 3.94. The van der Waals surface area contributed by atoms with Gasteiger partial charge in [-0.25, -0.2) is 0 Å². The van der Waals surface area contributed by atoms with E-state index in [0.717, 1.165) is 0 Å². The highest BCUT2D eigenvalue weighted by Crippen LogP contribution is 2.41.